The molecule has 0 aliphatic carbocycles. The molecule has 1 spiro atoms. The molecule has 4 aromatic rings. The van der Waals surface area contributed by atoms with Crippen LogP contribution >= 0.6 is 27.5 Å². The minimum absolute atomic E-state index is 0.0360. The lowest BCUT2D eigenvalue weighted by Gasteiger charge is -2.38. The first kappa shape index (κ1) is 41.2. The van der Waals surface area contributed by atoms with Gasteiger partial charge in [-0.1, -0.05) is 64.6 Å². The second kappa shape index (κ2) is 16.2. The van der Waals surface area contributed by atoms with E-state index in [2.05, 4.69) is 21.2 Å². The van der Waals surface area contributed by atoms with Gasteiger partial charge in [-0.2, -0.15) is 0 Å². The Balaban J connectivity index is 1.52. The number of hydrogen-bond donors (Lipinski definition) is 1. The number of carbonyl (C=O) groups excluding carboxylic acids is 4. The van der Waals surface area contributed by atoms with Gasteiger partial charge in [-0.25, -0.2) is 4.79 Å². The van der Waals surface area contributed by atoms with Gasteiger partial charge in [-0.15, -0.1) is 0 Å². The fourth-order valence-electron chi connectivity index (χ4n) is 6.82. The van der Waals surface area contributed by atoms with Crippen molar-refractivity contribution in [2.45, 2.75) is 85.7 Å². The maximum absolute atomic E-state index is 13.9. The van der Waals surface area contributed by atoms with Crippen LogP contribution in [0.15, 0.2) is 59.1 Å². The van der Waals surface area contributed by atoms with Gasteiger partial charge in [0.15, 0.2) is 17.1 Å². The number of nitrogens with one attached hydrogen (secondary N) is 1. The third kappa shape index (κ3) is 8.04. The zero-order chi connectivity index (χ0) is 40.6. The van der Waals surface area contributed by atoms with Crippen molar-refractivity contribution in [2.75, 3.05) is 20.3 Å². The Bertz CT molecular complexity index is 2220. The second-order valence-electron chi connectivity index (χ2n) is 16.2. The summed E-state index contributed by atoms with van der Waals surface area (Å²) in [5.41, 5.74) is -1.15. The van der Waals surface area contributed by atoms with Crippen LogP contribution in [0.4, 0.5) is 0 Å². The standard InChI is InChI=1S/C44H47BrClNO9/c1-42(2,3)40(50)54-32-24-33-35(28-15-11-10-14-27(28)32)44(30-23-26(45)17-18-29(30)39(49)56-44)31-22-25(16-19-34(48)47-20-12-8-9-13-21-52-7)37(36(46)38(31)53-33)55-41(51)43(4,5)6/h10-11,14-15,17-18,22-24H,8-9,12-13,16,19-21H2,1-7H3,(H,47,48). The van der Waals surface area contributed by atoms with E-state index in [4.69, 9.17) is 35.3 Å². The van der Waals surface area contributed by atoms with Crippen LogP contribution < -0.4 is 19.5 Å². The van der Waals surface area contributed by atoms with Crippen LogP contribution in [0.25, 0.3) is 10.8 Å². The number of fused-ring (bicyclic) bond motifs is 8. The lowest BCUT2D eigenvalue weighted by Crippen LogP contribution is -2.34. The van der Waals surface area contributed by atoms with Crippen molar-refractivity contribution in [3.05, 3.63) is 91.9 Å². The summed E-state index contributed by atoms with van der Waals surface area (Å²) >= 11 is 10.9. The number of methoxy groups -OCH3 is 1. The SMILES string of the molecule is COCCCCCCNC(=O)CCc1cc2c(c(Cl)c1OC(=O)C(C)(C)C)Oc1cc(OC(=O)C(C)(C)C)c3ccccc3c1C21OC(=O)c2ccc(Br)cc21. The first-order valence-corrected chi connectivity index (χ1v) is 20.0. The van der Waals surface area contributed by atoms with E-state index in [1.807, 2.05) is 30.3 Å². The van der Waals surface area contributed by atoms with Crippen molar-refractivity contribution >= 4 is 62.1 Å². The van der Waals surface area contributed by atoms with Crippen molar-refractivity contribution in [3.63, 3.8) is 0 Å². The second-order valence-corrected chi connectivity index (χ2v) is 17.5. The summed E-state index contributed by atoms with van der Waals surface area (Å²) in [5, 5.41) is 4.15. The van der Waals surface area contributed by atoms with Crippen LogP contribution in [0.3, 0.4) is 0 Å². The van der Waals surface area contributed by atoms with Gasteiger partial charge in [0, 0.05) is 53.7 Å². The van der Waals surface area contributed by atoms with Crippen LogP contribution in [0.1, 0.15) is 106 Å². The van der Waals surface area contributed by atoms with E-state index in [1.165, 1.54) is 0 Å². The van der Waals surface area contributed by atoms with Crippen molar-refractivity contribution < 1.29 is 42.9 Å². The van der Waals surface area contributed by atoms with Crippen LogP contribution in [0, 0.1) is 10.8 Å². The molecule has 1 N–H and O–H groups in total. The Morgan fingerprint density at radius 3 is 2.23 bits per heavy atom. The van der Waals surface area contributed by atoms with Gasteiger partial charge in [0.05, 0.1) is 22.0 Å². The number of hydrogen-bond acceptors (Lipinski definition) is 9. The van der Waals surface area contributed by atoms with Gasteiger partial charge >= 0.3 is 17.9 Å². The van der Waals surface area contributed by atoms with E-state index in [-0.39, 0.29) is 46.8 Å². The summed E-state index contributed by atoms with van der Waals surface area (Å²) in [7, 11) is 1.68. The molecular weight excluding hydrogens is 802 g/mol. The predicted molar refractivity (Wildman–Crippen MR) is 217 cm³/mol. The number of benzene rings is 4. The molecular formula is C44H47BrClNO9. The number of esters is 3. The average Bonchev–Trinajstić information content (AvgIpc) is 3.41. The maximum Gasteiger partial charge on any atom is 0.340 e. The quantitative estimate of drug-likeness (QED) is 0.0842. The van der Waals surface area contributed by atoms with Crippen molar-refractivity contribution in [2.24, 2.45) is 10.8 Å². The van der Waals surface area contributed by atoms with E-state index in [1.54, 1.807) is 72.9 Å². The summed E-state index contributed by atoms with van der Waals surface area (Å²) < 4.78 is 31.1. The summed E-state index contributed by atoms with van der Waals surface area (Å²) in [6.45, 7) is 11.7. The first-order chi connectivity index (χ1) is 26.5. The molecule has 1 amide bonds. The molecule has 2 aliphatic heterocycles. The van der Waals surface area contributed by atoms with Crippen molar-refractivity contribution in [1.29, 1.82) is 0 Å². The molecule has 4 aromatic carbocycles. The van der Waals surface area contributed by atoms with Gasteiger partial charge < -0.3 is 29.0 Å². The summed E-state index contributed by atoms with van der Waals surface area (Å²) in [6.07, 6.45) is 3.98. The molecule has 0 aromatic heterocycles. The average molecular weight is 849 g/mol. The number of carbonyl (C=O) groups is 4. The van der Waals surface area contributed by atoms with Crippen LogP contribution in [-0.2, 0) is 35.9 Å². The molecule has 12 heteroatoms. The number of unbranched alkanes of at least 4 members (excludes halogenated alkanes) is 3. The smallest absolute Gasteiger partial charge is 0.340 e. The molecule has 0 fully saturated rings. The molecule has 0 bridgehead atoms. The number of rotatable bonds is 12. The molecule has 56 heavy (non-hydrogen) atoms. The lowest BCUT2D eigenvalue weighted by molar-refractivity contribution is -0.143. The van der Waals surface area contributed by atoms with Crippen LogP contribution in [-0.4, -0.2) is 44.1 Å². The van der Waals surface area contributed by atoms with E-state index in [0.29, 0.717) is 56.2 Å². The van der Waals surface area contributed by atoms with Gasteiger partial charge in [0.25, 0.3) is 0 Å². The Morgan fingerprint density at radius 1 is 0.857 bits per heavy atom. The summed E-state index contributed by atoms with van der Waals surface area (Å²) in [4.78, 5) is 53.8. The lowest BCUT2D eigenvalue weighted by atomic mass is 9.75. The van der Waals surface area contributed by atoms with Gasteiger partial charge in [0.1, 0.15) is 16.5 Å². The largest absolute Gasteiger partial charge is 0.455 e. The first-order valence-electron chi connectivity index (χ1n) is 18.8. The minimum Gasteiger partial charge on any atom is -0.455 e. The Kier molecular flexibility index (Phi) is 11.9. The third-order valence-corrected chi connectivity index (χ3v) is 10.7. The maximum atomic E-state index is 13.9. The van der Waals surface area contributed by atoms with Crippen LogP contribution in [0.5, 0.6) is 23.0 Å². The molecule has 1 atom stereocenters. The van der Waals surface area contributed by atoms with Crippen molar-refractivity contribution in [3.8, 4) is 23.0 Å². The van der Waals surface area contributed by atoms with Gasteiger partial charge in [-0.05, 0) is 96.0 Å². The van der Waals surface area contributed by atoms with Crippen molar-refractivity contribution in [1.82, 2.24) is 5.32 Å². The normalized spacial score (nSPS) is 15.8. The Labute approximate surface area is 340 Å². The summed E-state index contributed by atoms with van der Waals surface area (Å²) in [5.74, 6) is -1.17. The fourth-order valence-corrected chi connectivity index (χ4v) is 7.49. The highest BCUT2D eigenvalue weighted by molar-refractivity contribution is 9.10. The molecule has 0 radical (unpaired) electrons. The number of halogens is 2. The minimum atomic E-state index is -1.62. The van der Waals surface area contributed by atoms with E-state index >= 15 is 0 Å². The van der Waals surface area contributed by atoms with E-state index < -0.39 is 34.3 Å². The molecule has 1 unspecified atom stereocenters. The van der Waals surface area contributed by atoms with Crippen LogP contribution in [0.2, 0.25) is 5.02 Å². The molecule has 2 heterocycles. The molecule has 296 valence electrons. The highest BCUT2D eigenvalue weighted by Crippen LogP contribution is 2.62. The van der Waals surface area contributed by atoms with E-state index in [9.17, 15) is 19.2 Å². The molecule has 10 nitrogen and oxygen atoms in total. The summed E-state index contributed by atoms with van der Waals surface area (Å²) in [6, 6.07) is 16.0. The molecule has 6 rings (SSSR count). The zero-order valence-electron chi connectivity index (χ0n) is 32.8. The monoisotopic (exact) mass is 847 g/mol. The number of amides is 1. The van der Waals surface area contributed by atoms with Gasteiger partial charge in [0.2, 0.25) is 5.91 Å². The van der Waals surface area contributed by atoms with E-state index in [0.717, 1.165) is 25.7 Å². The molecule has 0 saturated carbocycles. The van der Waals surface area contributed by atoms with Gasteiger partial charge in [-0.3, -0.25) is 14.4 Å². The fraction of sp³-hybridized carbons (Fsp3) is 0.409. The Hall–Kier alpha value is -4.45. The third-order valence-electron chi connectivity index (χ3n) is 9.83. The highest BCUT2D eigenvalue weighted by atomic mass is 79.9. The number of aryl methyl sites for hydroxylation is 1. The topological polar surface area (TPSA) is 126 Å². The molecule has 2 aliphatic rings. The predicted octanol–water partition coefficient (Wildman–Crippen LogP) is 9.98. The zero-order valence-corrected chi connectivity index (χ0v) is 35.1. The highest BCUT2D eigenvalue weighted by Gasteiger charge is 2.56. The molecule has 0 saturated heterocycles. The number of ether oxygens (including phenoxy) is 5. The Morgan fingerprint density at radius 2 is 1.54 bits per heavy atom.